The third-order valence-electron chi connectivity index (χ3n) is 4.52. The van der Waals surface area contributed by atoms with Gasteiger partial charge in [-0.1, -0.05) is 41.6 Å². The average molecular weight is 451 g/mol. The molecule has 156 valence electrons. The maximum absolute atomic E-state index is 13.3. The van der Waals surface area contributed by atoms with Crippen LogP contribution in [0.5, 0.6) is 5.75 Å². The lowest BCUT2D eigenvalue weighted by atomic mass is 10.2. The molecule has 0 bridgehead atoms. The molecule has 0 aliphatic carbocycles. The van der Waals surface area contributed by atoms with E-state index in [0.717, 1.165) is 10.6 Å². The van der Waals surface area contributed by atoms with E-state index in [-0.39, 0.29) is 11.6 Å². The van der Waals surface area contributed by atoms with Crippen molar-refractivity contribution in [2.45, 2.75) is 11.8 Å². The number of carbonyl (C=O) groups is 2. The molecule has 4 rings (SSSR count). The Morgan fingerprint density at radius 1 is 0.903 bits per heavy atom. The fourth-order valence-electron chi connectivity index (χ4n) is 3.09. The second-order valence-electron chi connectivity index (χ2n) is 6.62. The molecule has 0 fully saturated rings. The molecular weight excluding hydrogens is 432 g/mol. The van der Waals surface area contributed by atoms with Crippen molar-refractivity contribution in [1.29, 1.82) is 0 Å². The summed E-state index contributed by atoms with van der Waals surface area (Å²) in [5.74, 6) is -0.0632. The van der Waals surface area contributed by atoms with E-state index in [2.05, 4.69) is 5.32 Å². The highest BCUT2D eigenvalue weighted by molar-refractivity contribution is 8.04. The molecule has 5 nitrogen and oxygen atoms in total. The van der Waals surface area contributed by atoms with Gasteiger partial charge in [0, 0.05) is 15.6 Å². The van der Waals surface area contributed by atoms with E-state index in [1.807, 2.05) is 61.5 Å². The van der Waals surface area contributed by atoms with Crippen molar-refractivity contribution in [3.8, 4) is 5.75 Å². The topological polar surface area (TPSA) is 58.6 Å². The van der Waals surface area contributed by atoms with E-state index in [0.29, 0.717) is 27.9 Å². The van der Waals surface area contributed by atoms with E-state index in [9.17, 15) is 9.59 Å². The first-order valence-corrected chi connectivity index (χ1v) is 10.9. The van der Waals surface area contributed by atoms with Gasteiger partial charge < -0.3 is 10.1 Å². The zero-order valence-electron chi connectivity index (χ0n) is 16.7. The minimum Gasteiger partial charge on any atom is -0.494 e. The Labute approximate surface area is 189 Å². The van der Waals surface area contributed by atoms with Crippen LogP contribution in [0.4, 0.5) is 11.4 Å². The van der Waals surface area contributed by atoms with Crippen LogP contribution in [-0.2, 0) is 9.59 Å². The lowest BCUT2D eigenvalue weighted by Crippen LogP contribution is -2.32. The van der Waals surface area contributed by atoms with Gasteiger partial charge >= 0.3 is 0 Å². The molecule has 0 aromatic heterocycles. The monoisotopic (exact) mass is 450 g/mol. The van der Waals surface area contributed by atoms with Crippen molar-refractivity contribution in [3.05, 3.63) is 94.5 Å². The summed E-state index contributed by atoms with van der Waals surface area (Å²) in [5, 5.41) is 3.67. The largest absolute Gasteiger partial charge is 0.494 e. The Morgan fingerprint density at radius 2 is 1.58 bits per heavy atom. The summed E-state index contributed by atoms with van der Waals surface area (Å²) in [6, 6.07) is 23.3. The van der Waals surface area contributed by atoms with Gasteiger partial charge in [-0.25, -0.2) is 4.90 Å². The summed E-state index contributed by atoms with van der Waals surface area (Å²) in [6.07, 6.45) is 0. The quantitative estimate of drug-likeness (QED) is 0.466. The summed E-state index contributed by atoms with van der Waals surface area (Å²) >= 11 is 7.23. The number of nitrogens with one attached hydrogen (secondary N) is 1. The van der Waals surface area contributed by atoms with Crippen LogP contribution < -0.4 is 15.0 Å². The number of carbonyl (C=O) groups excluding carboxylic acids is 2. The molecule has 1 heterocycles. The maximum Gasteiger partial charge on any atom is 0.283 e. The normalized spacial score (nSPS) is 13.7. The number of benzene rings is 3. The smallest absolute Gasteiger partial charge is 0.283 e. The number of amides is 2. The number of hydrogen-bond acceptors (Lipinski definition) is 5. The third-order valence-corrected chi connectivity index (χ3v) is 5.87. The summed E-state index contributed by atoms with van der Waals surface area (Å²) in [4.78, 5) is 28.9. The second-order valence-corrected chi connectivity index (χ2v) is 8.14. The standard InChI is InChI=1S/C24H19ClN2O3S/c1-2-30-19-14-10-17(11-15-19)26-21-22(31-20-6-4-3-5-7-20)24(29)27(23(21)28)18-12-8-16(25)9-13-18/h3-15,26H,2H2,1H3. The Balaban J connectivity index is 1.69. The molecule has 0 unspecified atom stereocenters. The predicted octanol–water partition coefficient (Wildman–Crippen LogP) is 5.73. The first kappa shape index (κ1) is 21.0. The van der Waals surface area contributed by atoms with Crippen molar-refractivity contribution in [2.24, 2.45) is 0 Å². The number of anilines is 2. The van der Waals surface area contributed by atoms with Crippen LogP contribution in [0.2, 0.25) is 5.02 Å². The van der Waals surface area contributed by atoms with E-state index in [4.69, 9.17) is 16.3 Å². The first-order chi connectivity index (χ1) is 15.1. The Kier molecular flexibility index (Phi) is 6.30. The van der Waals surface area contributed by atoms with Crippen LogP contribution in [0.1, 0.15) is 6.92 Å². The maximum atomic E-state index is 13.3. The zero-order valence-corrected chi connectivity index (χ0v) is 18.2. The number of imide groups is 1. The van der Waals surface area contributed by atoms with Gasteiger partial charge in [-0.05, 0) is 67.6 Å². The number of nitrogens with zero attached hydrogens (tertiary/aromatic N) is 1. The van der Waals surface area contributed by atoms with Crippen LogP contribution in [0, 0.1) is 0 Å². The molecule has 2 amide bonds. The molecule has 3 aromatic carbocycles. The number of halogens is 1. The molecule has 0 saturated heterocycles. The lowest BCUT2D eigenvalue weighted by molar-refractivity contribution is -0.120. The van der Waals surface area contributed by atoms with Gasteiger partial charge in [-0.15, -0.1) is 0 Å². The van der Waals surface area contributed by atoms with Crippen molar-refractivity contribution in [2.75, 3.05) is 16.8 Å². The highest BCUT2D eigenvalue weighted by Crippen LogP contribution is 2.38. The van der Waals surface area contributed by atoms with Gasteiger partial charge in [0.1, 0.15) is 16.4 Å². The van der Waals surface area contributed by atoms with Crippen LogP contribution >= 0.6 is 23.4 Å². The fraction of sp³-hybridized carbons (Fsp3) is 0.0833. The van der Waals surface area contributed by atoms with Gasteiger partial charge in [0.2, 0.25) is 0 Å². The SMILES string of the molecule is CCOc1ccc(NC2=C(Sc3ccccc3)C(=O)N(c3ccc(Cl)cc3)C2=O)cc1. The lowest BCUT2D eigenvalue weighted by Gasteiger charge is -2.15. The molecule has 0 spiro atoms. The van der Waals surface area contributed by atoms with Crippen molar-refractivity contribution >= 4 is 46.6 Å². The first-order valence-electron chi connectivity index (χ1n) is 9.68. The molecule has 0 atom stereocenters. The van der Waals surface area contributed by atoms with Crippen molar-refractivity contribution in [1.82, 2.24) is 0 Å². The Morgan fingerprint density at radius 3 is 2.23 bits per heavy atom. The molecule has 0 saturated carbocycles. The Hall–Kier alpha value is -3.22. The predicted molar refractivity (Wildman–Crippen MR) is 125 cm³/mol. The van der Waals surface area contributed by atoms with E-state index in [1.54, 1.807) is 24.3 Å². The van der Waals surface area contributed by atoms with Crippen LogP contribution in [0.25, 0.3) is 0 Å². The van der Waals surface area contributed by atoms with Gasteiger partial charge in [0.25, 0.3) is 11.8 Å². The summed E-state index contributed by atoms with van der Waals surface area (Å²) in [7, 11) is 0. The van der Waals surface area contributed by atoms with Crippen molar-refractivity contribution < 1.29 is 14.3 Å². The van der Waals surface area contributed by atoms with Gasteiger partial charge in [0.05, 0.1) is 12.3 Å². The summed E-state index contributed by atoms with van der Waals surface area (Å²) in [6.45, 7) is 2.48. The fourth-order valence-corrected chi connectivity index (χ4v) is 4.17. The van der Waals surface area contributed by atoms with Gasteiger partial charge in [0.15, 0.2) is 0 Å². The average Bonchev–Trinajstić information content (AvgIpc) is 3.01. The zero-order chi connectivity index (χ0) is 21.8. The van der Waals surface area contributed by atoms with Crippen LogP contribution in [0.3, 0.4) is 0 Å². The Bertz CT molecular complexity index is 1130. The van der Waals surface area contributed by atoms with Crippen LogP contribution in [-0.4, -0.2) is 18.4 Å². The van der Waals surface area contributed by atoms with E-state index < -0.39 is 5.91 Å². The van der Waals surface area contributed by atoms with Crippen molar-refractivity contribution in [3.63, 3.8) is 0 Å². The minimum absolute atomic E-state index is 0.234. The molecule has 7 heteroatoms. The van der Waals surface area contributed by atoms with E-state index >= 15 is 0 Å². The molecule has 1 aliphatic rings. The third kappa shape index (κ3) is 4.60. The van der Waals surface area contributed by atoms with Crippen LogP contribution in [0.15, 0.2) is 94.4 Å². The van der Waals surface area contributed by atoms with Gasteiger partial charge in [-0.3, -0.25) is 9.59 Å². The molecular formula is C24H19ClN2O3S. The number of rotatable bonds is 7. The molecule has 31 heavy (non-hydrogen) atoms. The number of thioether (sulfide) groups is 1. The van der Waals surface area contributed by atoms with E-state index in [1.165, 1.54) is 16.7 Å². The number of ether oxygens (including phenoxy) is 1. The summed E-state index contributed by atoms with van der Waals surface area (Å²) < 4.78 is 5.47. The second kappa shape index (κ2) is 9.29. The summed E-state index contributed by atoms with van der Waals surface area (Å²) in [5.41, 5.74) is 1.38. The molecule has 1 N–H and O–H groups in total. The molecule has 3 aromatic rings. The molecule has 1 aliphatic heterocycles. The van der Waals surface area contributed by atoms with Gasteiger partial charge in [-0.2, -0.15) is 0 Å². The number of hydrogen-bond donors (Lipinski definition) is 1. The molecule has 0 radical (unpaired) electrons. The highest BCUT2D eigenvalue weighted by Gasteiger charge is 2.40. The highest BCUT2D eigenvalue weighted by atomic mass is 35.5. The minimum atomic E-state index is -0.417.